The predicted molar refractivity (Wildman–Crippen MR) is 98.5 cm³/mol. The van der Waals surface area contributed by atoms with Crippen LogP contribution in [0.3, 0.4) is 0 Å². The van der Waals surface area contributed by atoms with Crippen molar-refractivity contribution in [3.05, 3.63) is 33.3 Å². The van der Waals surface area contributed by atoms with E-state index in [4.69, 9.17) is 16.3 Å². The summed E-state index contributed by atoms with van der Waals surface area (Å²) in [6.45, 7) is 3.58. The van der Waals surface area contributed by atoms with Crippen LogP contribution in [0, 0.1) is 0 Å². The third-order valence-corrected chi connectivity index (χ3v) is 6.63. The van der Waals surface area contributed by atoms with Crippen molar-refractivity contribution in [1.29, 1.82) is 0 Å². The van der Waals surface area contributed by atoms with Crippen molar-refractivity contribution in [2.45, 2.75) is 32.4 Å². The van der Waals surface area contributed by atoms with E-state index in [1.165, 1.54) is 17.9 Å². The van der Waals surface area contributed by atoms with Crippen molar-refractivity contribution in [3.63, 3.8) is 0 Å². The molecule has 0 aliphatic carbocycles. The van der Waals surface area contributed by atoms with E-state index in [1.54, 1.807) is 19.1 Å². The largest absolute Gasteiger partial charge is 0.449 e. The number of amides is 1. The highest BCUT2D eigenvalue weighted by atomic mass is 79.9. The summed E-state index contributed by atoms with van der Waals surface area (Å²) in [7, 11) is -3.11. The molecule has 1 saturated heterocycles. The standard InChI is InChI=1S/C16H19BrClNO5S/c1-3-19(12-6-7-25(22,23)9-12)15(20)10(2)24-16(21)13-8-11(17)4-5-14(13)18/h4-5,8,10,12H,3,6-7,9H2,1-2H3. The molecule has 0 saturated carbocycles. The Hall–Kier alpha value is -1.12. The fraction of sp³-hybridized carbons (Fsp3) is 0.500. The van der Waals surface area contributed by atoms with Gasteiger partial charge in [0.25, 0.3) is 5.91 Å². The quantitative estimate of drug-likeness (QED) is 0.642. The summed E-state index contributed by atoms with van der Waals surface area (Å²) in [6, 6.07) is 4.38. The molecule has 0 spiro atoms. The zero-order valence-corrected chi connectivity index (χ0v) is 17.0. The number of likely N-dealkylation sites (N-methyl/N-ethyl adjacent to an activating group) is 1. The van der Waals surface area contributed by atoms with Crippen LogP contribution >= 0.6 is 27.5 Å². The summed E-state index contributed by atoms with van der Waals surface area (Å²) in [4.78, 5) is 26.3. The Balaban J connectivity index is 2.08. The van der Waals surface area contributed by atoms with E-state index < -0.39 is 27.8 Å². The van der Waals surface area contributed by atoms with Crippen molar-refractivity contribution in [2.75, 3.05) is 18.1 Å². The number of sulfone groups is 1. The maximum Gasteiger partial charge on any atom is 0.340 e. The molecule has 2 unspecified atom stereocenters. The summed E-state index contributed by atoms with van der Waals surface area (Å²) >= 11 is 9.25. The molecule has 1 aliphatic heterocycles. The highest BCUT2D eigenvalue weighted by Crippen LogP contribution is 2.23. The molecule has 25 heavy (non-hydrogen) atoms. The highest BCUT2D eigenvalue weighted by molar-refractivity contribution is 9.10. The van der Waals surface area contributed by atoms with Gasteiger partial charge >= 0.3 is 5.97 Å². The number of ether oxygens (including phenoxy) is 1. The number of esters is 1. The van der Waals surface area contributed by atoms with E-state index in [0.29, 0.717) is 17.4 Å². The van der Waals surface area contributed by atoms with Gasteiger partial charge in [0.15, 0.2) is 15.9 Å². The second-order valence-electron chi connectivity index (χ2n) is 5.85. The van der Waals surface area contributed by atoms with Gasteiger partial charge in [-0.2, -0.15) is 0 Å². The number of rotatable bonds is 5. The highest BCUT2D eigenvalue weighted by Gasteiger charge is 2.36. The Labute approximate surface area is 160 Å². The van der Waals surface area contributed by atoms with E-state index in [9.17, 15) is 18.0 Å². The van der Waals surface area contributed by atoms with Gasteiger partial charge < -0.3 is 9.64 Å². The number of hydrogen-bond acceptors (Lipinski definition) is 5. The number of carbonyl (C=O) groups is 2. The third-order valence-electron chi connectivity index (χ3n) is 4.05. The summed E-state index contributed by atoms with van der Waals surface area (Å²) in [5.41, 5.74) is 0.155. The van der Waals surface area contributed by atoms with Gasteiger partial charge in [0.2, 0.25) is 0 Å². The zero-order valence-electron chi connectivity index (χ0n) is 13.9. The first kappa shape index (κ1) is 20.2. The molecule has 0 bridgehead atoms. The van der Waals surface area contributed by atoms with Gasteiger partial charge in [0, 0.05) is 17.1 Å². The lowest BCUT2D eigenvalue weighted by Crippen LogP contribution is -2.46. The predicted octanol–water partition coefficient (Wildman–Crippen LogP) is 2.68. The van der Waals surface area contributed by atoms with Gasteiger partial charge in [0.1, 0.15) is 0 Å². The minimum Gasteiger partial charge on any atom is -0.449 e. The van der Waals surface area contributed by atoms with E-state index in [-0.39, 0.29) is 28.1 Å². The molecule has 1 aliphatic rings. The normalized spacial score (nSPS) is 20.1. The Morgan fingerprint density at radius 1 is 1.44 bits per heavy atom. The van der Waals surface area contributed by atoms with Crippen LogP contribution in [0.2, 0.25) is 5.02 Å². The number of hydrogen-bond donors (Lipinski definition) is 0. The molecule has 1 aromatic rings. The second kappa shape index (κ2) is 8.05. The van der Waals surface area contributed by atoms with Gasteiger partial charge in [-0.1, -0.05) is 27.5 Å². The van der Waals surface area contributed by atoms with Gasteiger partial charge in [0.05, 0.1) is 22.1 Å². The third kappa shape index (κ3) is 4.95. The number of halogens is 2. The minimum absolute atomic E-state index is 0.0509. The molecule has 1 heterocycles. The van der Waals surface area contributed by atoms with Crippen LogP contribution in [-0.4, -0.2) is 55.4 Å². The second-order valence-corrected chi connectivity index (χ2v) is 9.40. The van der Waals surface area contributed by atoms with E-state index >= 15 is 0 Å². The number of benzene rings is 1. The van der Waals surface area contributed by atoms with Gasteiger partial charge in [-0.25, -0.2) is 13.2 Å². The first-order valence-electron chi connectivity index (χ1n) is 7.81. The number of carbonyl (C=O) groups excluding carboxylic acids is 2. The summed E-state index contributed by atoms with van der Waals surface area (Å²) in [5.74, 6) is -1.10. The van der Waals surface area contributed by atoms with Crippen LogP contribution in [0.4, 0.5) is 0 Å². The molecular formula is C16H19BrClNO5S. The molecule has 2 atom stereocenters. The van der Waals surface area contributed by atoms with Crippen LogP contribution in [0.5, 0.6) is 0 Å². The molecule has 9 heteroatoms. The SMILES string of the molecule is CCN(C(=O)C(C)OC(=O)c1cc(Br)ccc1Cl)C1CCS(=O)(=O)C1. The van der Waals surface area contributed by atoms with E-state index in [0.717, 1.165) is 0 Å². The Morgan fingerprint density at radius 3 is 2.68 bits per heavy atom. The lowest BCUT2D eigenvalue weighted by molar-refractivity contribution is -0.141. The fourth-order valence-corrected chi connectivity index (χ4v) is 5.06. The first-order valence-corrected chi connectivity index (χ1v) is 10.8. The first-order chi connectivity index (χ1) is 11.6. The average Bonchev–Trinajstić information content (AvgIpc) is 2.89. The van der Waals surface area contributed by atoms with Crippen molar-refractivity contribution in [3.8, 4) is 0 Å². The van der Waals surface area contributed by atoms with Crippen LogP contribution in [0.1, 0.15) is 30.6 Å². The average molecular weight is 453 g/mol. The molecule has 0 N–H and O–H groups in total. The van der Waals surface area contributed by atoms with Crippen molar-refractivity contribution < 1.29 is 22.7 Å². The molecule has 138 valence electrons. The van der Waals surface area contributed by atoms with Crippen molar-refractivity contribution >= 4 is 49.2 Å². The van der Waals surface area contributed by atoms with Crippen LogP contribution < -0.4 is 0 Å². The summed E-state index contributed by atoms with van der Waals surface area (Å²) in [6.07, 6.45) is -0.633. The molecule has 2 rings (SSSR count). The van der Waals surface area contributed by atoms with Crippen molar-refractivity contribution in [1.82, 2.24) is 4.90 Å². The van der Waals surface area contributed by atoms with Crippen LogP contribution in [0.15, 0.2) is 22.7 Å². The van der Waals surface area contributed by atoms with Crippen LogP contribution in [-0.2, 0) is 19.4 Å². The van der Waals surface area contributed by atoms with Gasteiger partial charge in [-0.15, -0.1) is 0 Å². The lowest BCUT2D eigenvalue weighted by atomic mass is 10.2. The molecule has 1 amide bonds. The molecule has 0 aromatic heterocycles. The topological polar surface area (TPSA) is 80.8 Å². The van der Waals surface area contributed by atoms with Gasteiger partial charge in [-0.05, 0) is 38.5 Å². The smallest absolute Gasteiger partial charge is 0.340 e. The Bertz CT molecular complexity index is 783. The fourth-order valence-electron chi connectivity index (χ4n) is 2.78. The minimum atomic E-state index is -3.11. The molecule has 6 nitrogen and oxygen atoms in total. The Morgan fingerprint density at radius 2 is 2.12 bits per heavy atom. The molecule has 0 radical (unpaired) electrons. The molecule has 1 aromatic carbocycles. The van der Waals surface area contributed by atoms with E-state index in [1.807, 2.05) is 0 Å². The lowest BCUT2D eigenvalue weighted by Gasteiger charge is -2.29. The summed E-state index contributed by atoms with van der Waals surface area (Å²) < 4.78 is 29.2. The Kier molecular flexibility index (Phi) is 6.51. The van der Waals surface area contributed by atoms with Crippen molar-refractivity contribution in [2.24, 2.45) is 0 Å². The maximum absolute atomic E-state index is 12.6. The number of nitrogens with zero attached hydrogens (tertiary/aromatic N) is 1. The van der Waals surface area contributed by atoms with E-state index in [2.05, 4.69) is 15.9 Å². The monoisotopic (exact) mass is 451 g/mol. The molecular weight excluding hydrogens is 434 g/mol. The zero-order chi connectivity index (χ0) is 18.8. The maximum atomic E-state index is 12.6. The van der Waals surface area contributed by atoms with Crippen LogP contribution in [0.25, 0.3) is 0 Å². The molecule has 1 fully saturated rings. The summed E-state index contributed by atoms with van der Waals surface area (Å²) in [5, 5.41) is 0.224. The van der Waals surface area contributed by atoms with Gasteiger partial charge in [-0.3, -0.25) is 4.79 Å².